The first-order chi connectivity index (χ1) is 12.7. The molecular weight excluding hydrogens is 344 g/mol. The molecule has 0 saturated carbocycles. The highest BCUT2D eigenvalue weighted by molar-refractivity contribution is 7.13. The number of anilines is 1. The van der Waals surface area contributed by atoms with Crippen molar-refractivity contribution in [3.8, 4) is 10.7 Å². The molecule has 3 aromatic rings. The number of carbonyl (C=O) groups is 1. The lowest BCUT2D eigenvalue weighted by atomic mass is 10.2. The zero-order chi connectivity index (χ0) is 18.2. The number of thiazole rings is 1. The van der Waals surface area contributed by atoms with E-state index in [0.717, 1.165) is 29.4 Å². The first kappa shape index (κ1) is 18.1. The van der Waals surface area contributed by atoms with Gasteiger partial charge in [-0.05, 0) is 30.7 Å². The summed E-state index contributed by atoms with van der Waals surface area (Å²) in [5.41, 5.74) is 2.81. The number of carbonyl (C=O) groups excluding carboxylic acids is 1. The van der Waals surface area contributed by atoms with Crippen LogP contribution in [0.5, 0.6) is 0 Å². The van der Waals surface area contributed by atoms with E-state index in [0.29, 0.717) is 13.0 Å². The number of amides is 1. The van der Waals surface area contributed by atoms with Crippen molar-refractivity contribution in [3.05, 3.63) is 65.8 Å². The van der Waals surface area contributed by atoms with Crippen molar-refractivity contribution in [2.24, 2.45) is 0 Å². The van der Waals surface area contributed by atoms with Gasteiger partial charge < -0.3 is 10.2 Å². The lowest BCUT2D eigenvalue weighted by Crippen LogP contribution is -2.29. The van der Waals surface area contributed by atoms with Crippen LogP contribution in [-0.2, 0) is 11.2 Å². The Hall–Kier alpha value is -2.73. The normalized spacial score (nSPS) is 10.5. The summed E-state index contributed by atoms with van der Waals surface area (Å²) < 4.78 is 0. The van der Waals surface area contributed by atoms with Gasteiger partial charge in [0, 0.05) is 37.4 Å². The Labute approximate surface area is 157 Å². The van der Waals surface area contributed by atoms with Gasteiger partial charge >= 0.3 is 0 Å². The van der Waals surface area contributed by atoms with Crippen LogP contribution in [0.4, 0.5) is 5.69 Å². The highest BCUT2D eigenvalue weighted by Gasteiger charge is 2.09. The van der Waals surface area contributed by atoms with Gasteiger partial charge in [-0.3, -0.25) is 9.78 Å². The quantitative estimate of drug-likeness (QED) is 0.621. The summed E-state index contributed by atoms with van der Waals surface area (Å²) in [6, 6.07) is 16.0. The third-order valence-corrected chi connectivity index (χ3v) is 4.88. The maximum atomic E-state index is 12.1. The van der Waals surface area contributed by atoms with E-state index < -0.39 is 0 Å². The van der Waals surface area contributed by atoms with Crippen LogP contribution in [0.3, 0.4) is 0 Å². The lowest BCUT2D eigenvalue weighted by Gasteiger charge is -2.19. The van der Waals surface area contributed by atoms with Crippen LogP contribution in [0.1, 0.15) is 12.1 Å². The maximum Gasteiger partial charge on any atom is 0.226 e. The Morgan fingerprint density at radius 2 is 1.96 bits per heavy atom. The number of hydrogen-bond donors (Lipinski definition) is 1. The number of nitrogens with zero attached hydrogens (tertiary/aromatic N) is 3. The van der Waals surface area contributed by atoms with E-state index in [1.54, 1.807) is 6.20 Å². The predicted octanol–water partition coefficient (Wildman–Crippen LogP) is 3.39. The molecule has 0 aliphatic carbocycles. The lowest BCUT2D eigenvalue weighted by molar-refractivity contribution is -0.120. The minimum atomic E-state index is 0.00485. The molecule has 0 bridgehead atoms. The van der Waals surface area contributed by atoms with Gasteiger partial charge in [0.2, 0.25) is 5.91 Å². The summed E-state index contributed by atoms with van der Waals surface area (Å²) in [7, 11) is 2.06. The minimum absolute atomic E-state index is 0.00485. The van der Waals surface area contributed by atoms with Crippen LogP contribution in [-0.4, -0.2) is 36.0 Å². The predicted molar refractivity (Wildman–Crippen MR) is 106 cm³/mol. The van der Waals surface area contributed by atoms with Crippen molar-refractivity contribution in [1.29, 1.82) is 0 Å². The summed E-state index contributed by atoms with van der Waals surface area (Å²) in [6.45, 7) is 1.55. The summed E-state index contributed by atoms with van der Waals surface area (Å²) in [6.07, 6.45) is 2.95. The second-order valence-corrected chi connectivity index (χ2v) is 6.85. The molecule has 0 aliphatic rings. The van der Waals surface area contributed by atoms with E-state index in [2.05, 4.69) is 39.4 Å². The van der Waals surface area contributed by atoms with E-state index >= 15 is 0 Å². The zero-order valence-corrected chi connectivity index (χ0v) is 15.6. The molecule has 6 heteroatoms. The zero-order valence-electron chi connectivity index (χ0n) is 14.8. The van der Waals surface area contributed by atoms with Gasteiger partial charge in [-0.1, -0.05) is 24.3 Å². The van der Waals surface area contributed by atoms with Crippen molar-refractivity contribution in [2.75, 3.05) is 25.0 Å². The van der Waals surface area contributed by atoms with E-state index in [1.807, 2.05) is 41.8 Å². The molecule has 0 aliphatic heterocycles. The number of rotatable bonds is 8. The number of aromatic nitrogens is 2. The van der Waals surface area contributed by atoms with Crippen molar-refractivity contribution in [2.45, 2.75) is 12.8 Å². The SMILES string of the molecule is CN(CCCNC(=O)Cc1csc(-c2ccccn2)n1)c1ccccc1. The molecule has 5 nitrogen and oxygen atoms in total. The van der Waals surface area contributed by atoms with Crippen LogP contribution >= 0.6 is 11.3 Å². The number of nitrogens with one attached hydrogen (secondary N) is 1. The number of para-hydroxylation sites is 1. The van der Waals surface area contributed by atoms with Gasteiger partial charge in [-0.2, -0.15) is 0 Å². The Balaban J connectivity index is 1.40. The van der Waals surface area contributed by atoms with Crippen LogP contribution in [0.15, 0.2) is 60.1 Å². The number of hydrogen-bond acceptors (Lipinski definition) is 5. The highest BCUT2D eigenvalue weighted by Crippen LogP contribution is 2.21. The van der Waals surface area contributed by atoms with Crippen molar-refractivity contribution in [1.82, 2.24) is 15.3 Å². The fourth-order valence-electron chi connectivity index (χ4n) is 2.58. The van der Waals surface area contributed by atoms with E-state index in [4.69, 9.17) is 0 Å². The molecule has 0 fully saturated rings. The van der Waals surface area contributed by atoms with E-state index in [1.165, 1.54) is 17.0 Å². The Morgan fingerprint density at radius 1 is 1.15 bits per heavy atom. The molecule has 0 saturated heterocycles. The number of pyridine rings is 1. The highest BCUT2D eigenvalue weighted by atomic mass is 32.1. The molecule has 1 N–H and O–H groups in total. The average Bonchev–Trinajstić information content (AvgIpc) is 3.15. The summed E-state index contributed by atoms with van der Waals surface area (Å²) in [5.74, 6) is 0.00485. The largest absolute Gasteiger partial charge is 0.375 e. The molecule has 2 heterocycles. The second kappa shape index (κ2) is 9.10. The van der Waals surface area contributed by atoms with Crippen LogP contribution in [0.2, 0.25) is 0 Å². The van der Waals surface area contributed by atoms with Crippen LogP contribution in [0, 0.1) is 0 Å². The first-order valence-electron chi connectivity index (χ1n) is 8.61. The molecule has 0 spiro atoms. The maximum absolute atomic E-state index is 12.1. The topological polar surface area (TPSA) is 58.1 Å². The van der Waals surface area contributed by atoms with Crippen molar-refractivity contribution >= 4 is 22.9 Å². The summed E-state index contributed by atoms with van der Waals surface area (Å²) in [5, 5.41) is 5.74. The standard InChI is InChI=1S/C20H22N4OS/c1-24(17-8-3-2-4-9-17)13-7-12-22-19(25)14-16-15-26-20(23-16)18-10-5-6-11-21-18/h2-6,8-11,15H,7,12-14H2,1H3,(H,22,25). The molecule has 2 aromatic heterocycles. The molecule has 26 heavy (non-hydrogen) atoms. The minimum Gasteiger partial charge on any atom is -0.375 e. The Kier molecular flexibility index (Phi) is 6.33. The Bertz CT molecular complexity index is 820. The second-order valence-electron chi connectivity index (χ2n) is 6.00. The molecule has 1 amide bonds. The van der Waals surface area contributed by atoms with Gasteiger partial charge in [0.15, 0.2) is 0 Å². The first-order valence-corrected chi connectivity index (χ1v) is 9.49. The van der Waals surface area contributed by atoms with Gasteiger partial charge in [0.05, 0.1) is 17.8 Å². The van der Waals surface area contributed by atoms with E-state index in [9.17, 15) is 4.79 Å². The molecule has 1 aromatic carbocycles. The Morgan fingerprint density at radius 3 is 2.73 bits per heavy atom. The van der Waals surface area contributed by atoms with Crippen molar-refractivity contribution < 1.29 is 4.79 Å². The molecule has 0 radical (unpaired) electrons. The van der Waals surface area contributed by atoms with Crippen LogP contribution in [0.25, 0.3) is 10.7 Å². The fourth-order valence-corrected chi connectivity index (χ4v) is 3.37. The molecule has 134 valence electrons. The van der Waals surface area contributed by atoms with Crippen LogP contribution < -0.4 is 10.2 Å². The summed E-state index contributed by atoms with van der Waals surface area (Å²) in [4.78, 5) is 23.1. The van der Waals surface area contributed by atoms with E-state index in [-0.39, 0.29) is 5.91 Å². The average molecular weight is 366 g/mol. The van der Waals surface area contributed by atoms with Gasteiger partial charge in [0.25, 0.3) is 0 Å². The third-order valence-electron chi connectivity index (χ3n) is 3.97. The molecule has 0 atom stereocenters. The molecule has 0 unspecified atom stereocenters. The third kappa shape index (κ3) is 5.13. The smallest absolute Gasteiger partial charge is 0.226 e. The number of benzene rings is 1. The monoisotopic (exact) mass is 366 g/mol. The molecule has 3 rings (SSSR count). The fraction of sp³-hybridized carbons (Fsp3) is 0.250. The van der Waals surface area contributed by atoms with Crippen molar-refractivity contribution in [3.63, 3.8) is 0 Å². The van der Waals surface area contributed by atoms with Gasteiger partial charge in [0.1, 0.15) is 5.01 Å². The molecular formula is C20H22N4OS. The van der Waals surface area contributed by atoms with Gasteiger partial charge in [-0.15, -0.1) is 11.3 Å². The van der Waals surface area contributed by atoms with Gasteiger partial charge in [-0.25, -0.2) is 4.98 Å². The summed E-state index contributed by atoms with van der Waals surface area (Å²) >= 11 is 1.51.